The number of rotatable bonds is 7. The number of esters is 1. The van der Waals surface area contributed by atoms with Crippen LogP contribution in [0.2, 0.25) is 0 Å². The fourth-order valence-corrected chi connectivity index (χ4v) is 2.98. The summed E-state index contributed by atoms with van der Waals surface area (Å²) in [5.74, 6) is -1.17. The van der Waals surface area contributed by atoms with Crippen LogP contribution in [0.4, 0.5) is 0 Å². The van der Waals surface area contributed by atoms with Crippen LogP contribution in [-0.4, -0.2) is 48.2 Å². The first-order valence-corrected chi connectivity index (χ1v) is 11.1. The van der Waals surface area contributed by atoms with Crippen LogP contribution in [0.1, 0.15) is 57.1 Å². The fraction of sp³-hybridized carbons (Fsp3) is 0.458. The molecule has 0 saturated carbocycles. The Morgan fingerprint density at radius 2 is 1.53 bits per heavy atom. The number of amides is 1. The maximum atomic E-state index is 13.3. The molecule has 1 aromatic carbocycles. The molecule has 0 radical (unpaired) electrons. The van der Waals surface area contributed by atoms with E-state index in [1.54, 1.807) is 30.6 Å². The summed E-state index contributed by atoms with van der Waals surface area (Å²) in [5.41, 5.74) is 1.78. The van der Waals surface area contributed by atoms with Crippen LogP contribution < -0.4 is 0 Å². The molecule has 0 saturated heterocycles. The first-order valence-electron chi connectivity index (χ1n) is 10.2. The molecule has 6 heteroatoms. The molecule has 0 aliphatic carbocycles. The van der Waals surface area contributed by atoms with Gasteiger partial charge in [0, 0.05) is 31.4 Å². The summed E-state index contributed by atoms with van der Waals surface area (Å²) in [7, 11) is 3.16. The third-order valence-electron chi connectivity index (χ3n) is 4.70. The molecule has 166 valence electrons. The lowest BCUT2D eigenvalue weighted by atomic mass is 9.78. The van der Waals surface area contributed by atoms with Crippen molar-refractivity contribution >= 4 is 24.5 Å². The molecule has 0 bridgehead atoms. The van der Waals surface area contributed by atoms with Crippen molar-refractivity contribution in [1.82, 2.24) is 9.88 Å². The van der Waals surface area contributed by atoms with Crippen molar-refractivity contribution in [2.45, 2.75) is 52.0 Å². The Balaban J connectivity index is 0.00000198. The van der Waals surface area contributed by atoms with E-state index < -0.39 is 5.92 Å². The van der Waals surface area contributed by atoms with Gasteiger partial charge in [0.05, 0.1) is 19.4 Å². The van der Waals surface area contributed by atoms with E-state index in [1.807, 2.05) is 70.2 Å². The molecule has 1 amide bonds. The fourth-order valence-electron chi connectivity index (χ4n) is 2.98. The monoisotopic (exact) mass is 432 g/mol. The molecule has 2 rings (SSSR count). The number of hydrogen-bond acceptors (Lipinski definition) is 5. The van der Waals surface area contributed by atoms with Crippen LogP contribution in [0.25, 0.3) is 0 Å². The molecule has 30 heavy (non-hydrogen) atoms. The normalized spacial score (nSPS) is 11.8. The number of pyridine rings is 1. The molecule has 2 unspecified atom stereocenters. The highest BCUT2D eigenvalue weighted by Gasteiger charge is 2.35. The van der Waals surface area contributed by atoms with E-state index in [0.717, 1.165) is 11.1 Å². The van der Waals surface area contributed by atoms with Crippen molar-refractivity contribution in [3.63, 3.8) is 0 Å². The van der Waals surface area contributed by atoms with E-state index in [2.05, 4.69) is 17.6 Å². The van der Waals surface area contributed by atoms with E-state index in [1.165, 1.54) is 7.11 Å². The number of thiol groups is 1. The van der Waals surface area contributed by atoms with Crippen molar-refractivity contribution in [3.05, 3.63) is 66.0 Å². The molecule has 0 aliphatic heterocycles. The van der Waals surface area contributed by atoms with Gasteiger partial charge in [0.15, 0.2) is 0 Å². The highest BCUT2D eigenvalue weighted by atomic mass is 32.1. The largest absolute Gasteiger partial charge is 0.469 e. The predicted molar refractivity (Wildman–Crippen MR) is 127 cm³/mol. The van der Waals surface area contributed by atoms with Gasteiger partial charge in [-0.25, -0.2) is 0 Å². The molecule has 2 atom stereocenters. The first-order chi connectivity index (χ1) is 14.5. The second kappa shape index (κ2) is 15.5. The van der Waals surface area contributed by atoms with Crippen LogP contribution in [0.3, 0.4) is 0 Å². The Morgan fingerprint density at radius 3 is 2.00 bits per heavy atom. The molecule has 0 fully saturated rings. The predicted octanol–water partition coefficient (Wildman–Crippen LogP) is 4.95. The van der Waals surface area contributed by atoms with E-state index in [4.69, 9.17) is 4.74 Å². The molecule has 0 spiro atoms. The number of carbonyl (C=O) groups excluding carboxylic acids is 2. The smallest absolute Gasteiger partial charge is 0.306 e. The summed E-state index contributed by atoms with van der Waals surface area (Å²) in [6.45, 7) is 7.95. The quantitative estimate of drug-likeness (QED) is 0.497. The minimum Gasteiger partial charge on any atom is -0.469 e. The number of hydrogen-bond donors (Lipinski definition) is 1. The molecule has 5 nitrogen and oxygen atoms in total. The van der Waals surface area contributed by atoms with Crippen molar-refractivity contribution in [2.24, 2.45) is 0 Å². The van der Waals surface area contributed by atoms with Gasteiger partial charge >= 0.3 is 5.97 Å². The maximum Gasteiger partial charge on any atom is 0.306 e. The standard InChI is InChI=1S/C21H26N2O3.C2H6.CH4S/c1-15(2)23(3)21(25)20(17-8-6-5-7-9-17)18(14-19(24)26-4)16-10-12-22-13-11-16;2*1-2/h5-13,15,18,20H,14H2,1-4H3;1-2H3;2H,1H3. The lowest BCUT2D eigenvalue weighted by Crippen LogP contribution is -2.39. The Morgan fingerprint density at radius 1 is 1.00 bits per heavy atom. The summed E-state index contributed by atoms with van der Waals surface area (Å²) in [5, 5.41) is 0. The number of aromatic nitrogens is 1. The van der Waals surface area contributed by atoms with E-state index in [9.17, 15) is 9.59 Å². The highest BCUT2D eigenvalue weighted by Crippen LogP contribution is 2.37. The number of likely N-dealkylation sites (N-methyl/N-ethyl adjacent to an activating group) is 1. The van der Waals surface area contributed by atoms with Gasteiger partial charge in [-0.15, -0.1) is 0 Å². The Kier molecular flexibility index (Phi) is 14.3. The van der Waals surface area contributed by atoms with Gasteiger partial charge in [-0.1, -0.05) is 44.2 Å². The minimum atomic E-state index is -0.481. The van der Waals surface area contributed by atoms with Crippen LogP contribution in [0.5, 0.6) is 0 Å². The summed E-state index contributed by atoms with van der Waals surface area (Å²) < 4.78 is 4.90. The molecule has 0 N–H and O–H groups in total. The Labute approximate surface area is 187 Å². The lowest BCUT2D eigenvalue weighted by molar-refractivity contribution is -0.141. The van der Waals surface area contributed by atoms with Gasteiger partial charge in [0.2, 0.25) is 5.91 Å². The van der Waals surface area contributed by atoms with Gasteiger partial charge in [0.25, 0.3) is 0 Å². The SMILES string of the molecule is CC.COC(=O)CC(c1ccncc1)C(C(=O)N(C)C(C)C)c1ccccc1.CS. The summed E-state index contributed by atoms with van der Waals surface area (Å²) in [6.07, 6.45) is 5.17. The molecule has 2 aromatic rings. The maximum absolute atomic E-state index is 13.3. The Bertz CT molecular complexity index is 724. The van der Waals surface area contributed by atoms with Crippen LogP contribution in [-0.2, 0) is 14.3 Å². The zero-order chi connectivity index (χ0) is 23.1. The molecule has 1 heterocycles. The number of methoxy groups -OCH3 is 1. The number of ether oxygens (including phenoxy) is 1. The van der Waals surface area contributed by atoms with Gasteiger partial charge in [-0.3, -0.25) is 14.6 Å². The average Bonchev–Trinajstić information content (AvgIpc) is 2.81. The summed E-state index contributed by atoms with van der Waals surface area (Å²) in [4.78, 5) is 31.2. The third kappa shape index (κ3) is 8.19. The third-order valence-corrected chi connectivity index (χ3v) is 4.70. The van der Waals surface area contributed by atoms with Crippen molar-refractivity contribution in [2.75, 3.05) is 20.4 Å². The van der Waals surface area contributed by atoms with Crippen LogP contribution >= 0.6 is 12.6 Å². The topological polar surface area (TPSA) is 59.5 Å². The Hall–Kier alpha value is -2.34. The van der Waals surface area contributed by atoms with Gasteiger partial charge in [-0.05, 0) is 43.4 Å². The number of carbonyl (C=O) groups is 2. The summed E-state index contributed by atoms with van der Waals surface area (Å²) in [6, 6.07) is 13.4. The zero-order valence-electron chi connectivity index (χ0n) is 19.2. The minimum absolute atomic E-state index is 0.0167. The second-order valence-corrected chi connectivity index (χ2v) is 6.60. The van der Waals surface area contributed by atoms with E-state index in [0.29, 0.717) is 0 Å². The van der Waals surface area contributed by atoms with Crippen LogP contribution in [0.15, 0.2) is 54.9 Å². The average molecular weight is 433 g/mol. The van der Waals surface area contributed by atoms with Crippen molar-refractivity contribution in [3.8, 4) is 0 Å². The number of benzene rings is 1. The number of nitrogens with zero attached hydrogens (tertiary/aromatic N) is 2. The molecule has 1 aromatic heterocycles. The summed E-state index contributed by atoms with van der Waals surface area (Å²) >= 11 is 3.53. The van der Waals surface area contributed by atoms with Gasteiger partial charge < -0.3 is 9.64 Å². The van der Waals surface area contributed by atoms with E-state index in [-0.39, 0.29) is 30.3 Å². The van der Waals surface area contributed by atoms with Gasteiger partial charge in [-0.2, -0.15) is 12.6 Å². The van der Waals surface area contributed by atoms with Gasteiger partial charge in [0.1, 0.15) is 0 Å². The molecular weight excluding hydrogens is 396 g/mol. The highest BCUT2D eigenvalue weighted by molar-refractivity contribution is 7.79. The molecule has 0 aliphatic rings. The second-order valence-electron chi connectivity index (χ2n) is 6.60. The van der Waals surface area contributed by atoms with Crippen LogP contribution in [0, 0.1) is 0 Å². The van der Waals surface area contributed by atoms with Crippen molar-refractivity contribution < 1.29 is 14.3 Å². The first kappa shape index (κ1) is 27.7. The lowest BCUT2D eigenvalue weighted by Gasteiger charge is -2.32. The van der Waals surface area contributed by atoms with Crippen molar-refractivity contribution in [1.29, 1.82) is 0 Å². The van der Waals surface area contributed by atoms with E-state index >= 15 is 0 Å². The zero-order valence-corrected chi connectivity index (χ0v) is 20.1. The molecular formula is C24H36N2O3S.